The van der Waals surface area contributed by atoms with Crippen molar-refractivity contribution < 1.29 is 4.74 Å². The van der Waals surface area contributed by atoms with E-state index in [1.165, 1.54) is 10.4 Å². The molecule has 0 saturated carbocycles. The standard InChI is InChI=1S/C14H16ClNOS/c1-10(11-3-5-13(17-2)6-4-11)16-8-14-7-12(15)9-18-14/h3-7,9-10,16H,8H2,1-2H3. The zero-order valence-electron chi connectivity index (χ0n) is 10.4. The van der Waals surface area contributed by atoms with Crippen LogP contribution >= 0.6 is 22.9 Å². The Morgan fingerprint density at radius 2 is 2.06 bits per heavy atom. The first-order chi connectivity index (χ1) is 8.69. The fourth-order valence-electron chi connectivity index (χ4n) is 1.71. The van der Waals surface area contributed by atoms with E-state index in [4.69, 9.17) is 16.3 Å². The molecule has 0 aliphatic heterocycles. The summed E-state index contributed by atoms with van der Waals surface area (Å²) in [5, 5.41) is 6.25. The summed E-state index contributed by atoms with van der Waals surface area (Å²) >= 11 is 7.57. The van der Waals surface area contributed by atoms with Crippen molar-refractivity contribution in [3.8, 4) is 5.75 Å². The predicted octanol–water partition coefficient (Wildman–Crippen LogP) is 4.26. The van der Waals surface area contributed by atoms with E-state index in [1.807, 2.05) is 23.6 Å². The third-order valence-electron chi connectivity index (χ3n) is 2.82. The molecule has 2 nitrogen and oxygen atoms in total. The van der Waals surface area contributed by atoms with Crippen molar-refractivity contribution in [1.29, 1.82) is 0 Å². The summed E-state index contributed by atoms with van der Waals surface area (Å²) in [5.74, 6) is 0.885. The molecule has 1 heterocycles. The van der Waals surface area contributed by atoms with E-state index in [9.17, 15) is 0 Å². The number of nitrogens with one attached hydrogen (secondary N) is 1. The van der Waals surface area contributed by atoms with E-state index >= 15 is 0 Å². The first-order valence-electron chi connectivity index (χ1n) is 5.79. The zero-order valence-corrected chi connectivity index (χ0v) is 12.0. The zero-order chi connectivity index (χ0) is 13.0. The summed E-state index contributed by atoms with van der Waals surface area (Å²) in [6.45, 7) is 2.99. The molecule has 1 aromatic carbocycles. The van der Waals surface area contributed by atoms with Crippen LogP contribution in [0.1, 0.15) is 23.4 Å². The second-order valence-electron chi connectivity index (χ2n) is 4.11. The largest absolute Gasteiger partial charge is 0.497 e. The van der Waals surface area contributed by atoms with Crippen molar-refractivity contribution in [2.45, 2.75) is 19.5 Å². The van der Waals surface area contributed by atoms with Gasteiger partial charge in [-0.2, -0.15) is 0 Å². The third kappa shape index (κ3) is 3.48. The van der Waals surface area contributed by atoms with E-state index in [2.05, 4.69) is 24.4 Å². The Labute approximate surface area is 117 Å². The maximum Gasteiger partial charge on any atom is 0.118 e. The molecule has 2 rings (SSSR count). The molecule has 0 bridgehead atoms. The summed E-state index contributed by atoms with van der Waals surface area (Å²) in [7, 11) is 1.68. The van der Waals surface area contributed by atoms with Gasteiger partial charge in [0, 0.05) is 22.8 Å². The van der Waals surface area contributed by atoms with Gasteiger partial charge in [-0.25, -0.2) is 0 Å². The lowest BCUT2D eigenvalue weighted by Crippen LogP contribution is -2.17. The van der Waals surface area contributed by atoms with Gasteiger partial charge in [-0.05, 0) is 30.7 Å². The van der Waals surface area contributed by atoms with Crippen LogP contribution < -0.4 is 10.1 Å². The molecule has 0 fully saturated rings. The molecule has 0 aliphatic rings. The second-order valence-corrected chi connectivity index (χ2v) is 5.54. The maximum absolute atomic E-state index is 5.89. The summed E-state index contributed by atoms with van der Waals surface area (Å²) in [5.41, 5.74) is 1.25. The van der Waals surface area contributed by atoms with Crippen LogP contribution in [0.3, 0.4) is 0 Å². The molecule has 18 heavy (non-hydrogen) atoms. The van der Waals surface area contributed by atoms with Crippen LogP contribution in [0, 0.1) is 0 Å². The molecule has 96 valence electrons. The number of methoxy groups -OCH3 is 1. The SMILES string of the molecule is COc1ccc(C(C)NCc2cc(Cl)cs2)cc1. The van der Waals surface area contributed by atoms with Gasteiger partial charge < -0.3 is 10.1 Å². The number of hydrogen-bond donors (Lipinski definition) is 1. The lowest BCUT2D eigenvalue weighted by atomic mass is 10.1. The Morgan fingerprint density at radius 1 is 1.33 bits per heavy atom. The molecule has 1 N–H and O–H groups in total. The average Bonchev–Trinajstić information content (AvgIpc) is 2.82. The lowest BCUT2D eigenvalue weighted by Gasteiger charge is -2.14. The summed E-state index contributed by atoms with van der Waals surface area (Å²) < 4.78 is 5.15. The number of ether oxygens (including phenoxy) is 1. The first-order valence-corrected chi connectivity index (χ1v) is 7.05. The van der Waals surface area contributed by atoms with Crippen molar-refractivity contribution in [3.63, 3.8) is 0 Å². The van der Waals surface area contributed by atoms with Crippen LogP contribution in [0.5, 0.6) is 5.75 Å². The van der Waals surface area contributed by atoms with Crippen LogP contribution in [0.15, 0.2) is 35.7 Å². The second kappa shape index (κ2) is 6.23. The molecule has 1 unspecified atom stereocenters. The van der Waals surface area contributed by atoms with E-state index in [0.717, 1.165) is 17.3 Å². The number of benzene rings is 1. The van der Waals surface area contributed by atoms with Crippen LogP contribution in [-0.4, -0.2) is 7.11 Å². The number of hydrogen-bond acceptors (Lipinski definition) is 3. The van der Waals surface area contributed by atoms with Crippen LogP contribution in [-0.2, 0) is 6.54 Å². The minimum absolute atomic E-state index is 0.303. The molecule has 2 aromatic rings. The molecular weight excluding hydrogens is 266 g/mol. The van der Waals surface area contributed by atoms with Crippen molar-refractivity contribution in [2.75, 3.05) is 7.11 Å². The average molecular weight is 282 g/mol. The molecule has 0 amide bonds. The van der Waals surface area contributed by atoms with Gasteiger partial charge in [0.2, 0.25) is 0 Å². The van der Waals surface area contributed by atoms with Gasteiger partial charge >= 0.3 is 0 Å². The maximum atomic E-state index is 5.89. The fraction of sp³-hybridized carbons (Fsp3) is 0.286. The van der Waals surface area contributed by atoms with Crippen molar-refractivity contribution in [2.24, 2.45) is 0 Å². The van der Waals surface area contributed by atoms with Gasteiger partial charge in [0.1, 0.15) is 5.75 Å². The Hall–Kier alpha value is -1.03. The Kier molecular flexibility index (Phi) is 4.64. The summed E-state index contributed by atoms with van der Waals surface area (Å²) in [6.07, 6.45) is 0. The number of rotatable bonds is 5. The topological polar surface area (TPSA) is 21.3 Å². The van der Waals surface area contributed by atoms with E-state index < -0.39 is 0 Å². The Bertz CT molecular complexity index is 495. The molecule has 0 saturated heterocycles. The summed E-state index contributed by atoms with van der Waals surface area (Å²) in [4.78, 5) is 1.25. The van der Waals surface area contributed by atoms with E-state index in [1.54, 1.807) is 18.4 Å². The van der Waals surface area contributed by atoms with Crippen molar-refractivity contribution >= 4 is 22.9 Å². The minimum atomic E-state index is 0.303. The van der Waals surface area contributed by atoms with Gasteiger partial charge in [0.05, 0.1) is 12.1 Å². The smallest absolute Gasteiger partial charge is 0.118 e. The first kappa shape index (κ1) is 13.4. The highest BCUT2D eigenvalue weighted by molar-refractivity contribution is 7.10. The van der Waals surface area contributed by atoms with E-state index in [-0.39, 0.29) is 0 Å². The highest BCUT2D eigenvalue weighted by atomic mass is 35.5. The summed E-state index contributed by atoms with van der Waals surface area (Å²) in [6, 6.07) is 10.4. The number of halogens is 1. The van der Waals surface area contributed by atoms with Gasteiger partial charge in [-0.15, -0.1) is 11.3 Å². The normalized spacial score (nSPS) is 12.4. The highest BCUT2D eigenvalue weighted by Crippen LogP contribution is 2.21. The predicted molar refractivity (Wildman–Crippen MR) is 77.6 cm³/mol. The van der Waals surface area contributed by atoms with Crippen LogP contribution in [0.25, 0.3) is 0 Å². The van der Waals surface area contributed by atoms with Crippen LogP contribution in [0.4, 0.5) is 0 Å². The molecule has 0 radical (unpaired) electrons. The fourth-order valence-corrected chi connectivity index (χ4v) is 2.73. The van der Waals surface area contributed by atoms with Gasteiger partial charge in [-0.3, -0.25) is 0 Å². The van der Waals surface area contributed by atoms with Crippen molar-refractivity contribution in [3.05, 3.63) is 51.2 Å². The molecule has 0 aliphatic carbocycles. The van der Waals surface area contributed by atoms with Gasteiger partial charge in [0.15, 0.2) is 0 Å². The van der Waals surface area contributed by atoms with Crippen molar-refractivity contribution in [1.82, 2.24) is 5.32 Å². The Morgan fingerprint density at radius 3 is 2.61 bits per heavy atom. The minimum Gasteiger partial charge on any atom is -0.497 e. The quantitative estimate of drug-likeness (QED) is 0.884. The van der Waals surface area contributed by atoms with E-state index in [0.29, 0.717) is 6.04 Å². The molecule has 1 aromatic heterocycles. The molecule has 1 atom stereocenters. The third-order valence-corrected chi connectivity index (χ3v) is 4.10. The van der Waals surface area contributed by atoms with Gasteiger partial charge in [-0.1, -0.05) is 23.7 Å². The highest BCUT2D eigenvalue weighted by Gasteiger charge is 2.06. The number of thiophene rings is 1. The monoisotopic (exact) mass is 281 g/mol. The lowest BCUT2D eigenvalue weighted by molar-refractivity contribution is 0.414. The Balaban J connectivity index is 1.92. The molecular formula is C14H16ClNOS. The van der Waals surface area contributed by atoms with Crippen LogP contribution in [0.2, 0.25) is 5.02 Å². The molecule has 4 heteroatoms. The van der Waals surface area contributed by atoms with Gasteiger partial charge in [0.25, 0.3) is 0 Å². The molecule has 0 spiro atoms.